The summed E-state index contributed by atoms with van der Waals surface area (Å²) in [6, 6.07) is 6.08. The zero-order valence-electron chi connectivity index (χ0n) is 12.3. The Morgan fingerprint density at radius 3 is 2.80 bits per heavy atom. The third-order valence-corrected chi connectivity index (χ3v) is 4.79. The highest BCUT2D eigenvalue weighted by molar-refractivity contribution is 5.94. The Labute approximate surface area is 120 Å². The molecule has 2 aliphatic carbocycles. The molecule has 1 aromatic carbocycles. The Balaban J connectivity index is 1.66. The Morgan fingerprint density at radius 1 is 1.35 bits per heavy atom. The normalized spacial score (nSPS) is 27.6. The fourth-order valence-corrected chi connectivity index (χ4v) is 3.78. The molecule has 2 saturated carbocycles. The smallest absolute Gasteiger partial charge is 0.251 e. The van der Waals surface area contributed by atoms with Crippen molar-refractivity contribution >= 4 is 5.91 Å². The zero-order chi connectivity index (χ0) is 14.1. The highest BCUT2D eigenvalue weighted by atomic mass is 16.5. The molecular formula is C17H23NO2. The van der Waals surface area contributed by atoms with Gasteiger partial charge in [-0.05, 0) is 68.7 Å². The van der Waals surface area contributed by atoms with Crippen LogP contribution < -0.4 is 10.1 Å². The first-order valence-corrected chi connectivity index (χ1v) is 7.71. The minimum absolute atomic E-state index is 0.0636. The van der Waals surface area contributed by atoms with Crippen LogP contribution in [0.25, 0.3) is 0 Å². The summed E-state index contributed by atoms with van der Waals surface area (Å²) < 4.78 is 5.51. The zero-order valence-corrected chi connectivity index (χ0v) is 12.3. The van der Waals surface area contributed by atoms with Crippen molar-refractivity contribution in [2.24, 2.45) is 11.8 Å². The average molecular weight is 273 g/mol. The highest BCUT2D eigenvalue weighted by Crippen LogP contribution is 2.44. The van der Waals surface area contributed by atoms with E-state index in [0.717, 1.165) is 22.8 Å². The van der Waals surface area contributed by atoms with Gasteiger partial charge in [-0.15, -0.1) is 0 Å². The predicted octanol–water partition coefficient (Wildman–Crippen LogP) is 3.31. The van der Waals surface area contributed by atoms with Crippen LogP contribution in [0.1, 0.15) is 48.5 Å². The van der Waals surface area contributed by atoms with Crippen molar-refractivity contribution in [1.82, 2.24) is 5.32 Å². The van der Waals surface area contributed by atoms with Crippen molar-refractivity contribution in [3.05, 3.63) is 29.3 Å². The second kappa shape index (κ2) is 5.47. The van der Waals surface area contributed by atoms with Crippen molar-refractivity contribution in [3.8, 4) is 5.75 Å². The number of hydrogen-bond acceptors (Lipinski definition) is 2. The van der Waals surface area contributed by atoms with Gasteiger partial charge >= 0.3 is 0 Å². The van der Waals surface area contributed by atoms with Crippen LogP contribution in [0.3, 0.4) is 0 Å². The molecular weight excluding hydrogens is 250 g/mol. The lowest BCUT2D eigenvalue weighted by atomic mass is 9.95. The topological polar surface area (TPSA) is 38.3 Å². The molecule has 2 fully saturated rings. The van der Waals surface area contributed by atoms with E-state index in [4.69, 9.17) is 4.74 Å². The molecule has 108 valence electrons. The van der Waals surface area contributed by atoms with Gasteiger partial charge in [0.1, 0.15) is 5.75 Å². The summed E-state index contributed by atoms with van der Waals surface area (Å²) in [5, 5.41) is 3.23. The molecule has 3 rings (SSSR count). The summed E-state index contributed by atoms with van der Waals surface area (Å²) in [5.41, 5.74) is 1.76. The number of rotatable bonds is 4. The maximum absolute atomic E-state index is 12.3. The van der Waals surface area contributed by atoms with Gasteiger partial charge in [0.25, 0.3) is 5.91 Å². The number of aryl methyl sites for hydroxylation is 1. The maximum atomic E-state index is 12.3. The minimum atomic E-state index is 0.0636. The molecule has 1 amide bonds. The lowest BCUT2D eigenvalue weighted by molar-refractivity contribution is 0.0923. The van der Waals surface area contributed by atoms with Crippen LogP contribution in [0.15, 0.2) is 18.2 Å². The van der Waals surface area contributed by atoms with Crippen LogP contribution in [0, 0.1) is 18.8 Å². The van der Waals surface area contributed by atoms with Crippen molar-refractivity contribution in [2.45, 2.75) is 45.6 Å². The van der Waals surface area contributed by atoms with Crippen molar-refractivity contribution in [3.63, 3.8) is 0 Å². The van der Waals surface area contributed by atoms with Gasteiger partial charge in [0, 0.05) is 11.6 Å². The van der Waals surface area contributed by atoms with E-state index in [1.807, 2.05) is 32.0 Å². The number of carbonyl (C=O) groups is 1. The van der Waals surface area contributed by atoms with E-state index in [0.29, 0.717) is 18.6 Å². The van der Waals surface area contributed by atoms with Gasteiger partial charge in [0.2, 0.25) is 0 Å². The first-order valence-electron chi connectivity index (χ1n) is 7.71. The van der Waals surface area contributed by atoms with Crippen LogP contribution in [0.5, 0.6) is 5.75 Å². The molecule has 0 spiro atoms. The van der Waals surface area contributed by atoms with E-state index < -0.39 is 0 Å². The summed E-state index contributed by atoms with van der Waals surface area (Å²) >= 11 is 0. The van der Waals surface area contributed by atoms with E-state index in [2.05, 4.69) is 5.32 Å². The quantitative estimate of drug-likeness (QED) is 0.914. The Hall–Kier alpha value is -1.51. The lowest BCUT2D eigenvalue weighted by Gasteiger charge is -2.23. The van der Waals surface area contributed by atoms with Crippen molar-refractivity contribution in [1.29, 1.82) is 0 Å². The highest BCUT2D eigenvalue weighted by Gasteiger charge is 2.40. The third kappa shape index (κ3) is 2.54. The first-order chi connectivity index (χ1) is 9.67. The van der Waals surface area contributed by atoms with Gasteiger partial charge in [0.05, 0.1) is 6.61 Å². The molecule has 0 aromatic heterocycles. The standard InChI is InChI=1S/C17H23NO2/c1-3-20-16-7-6-14(8-11(16)2)17(19)18-15-10-12-4-5-13(15)9-12/h6-8,12-13,15H,3-5,9-10H2,1-2H3,(H,18,19)/t12-,13+,15+/m0/s1. The molecule has 3 nitrogen and oxygen atoms in total. The fourth-order valence-electron chi connectivity index (χ4n) is 3.78. The second-order valence-corrected chi connectivity index (χ2v) is 6.17. The fraction of sp³-hybridized carbons (Fsp3) is 0.588. The molecule has 1 aromatic rings. The summed E-state index contributed by atoms with van der Waals surface area (Å²) in [4.78, 5) is 12.3. The Kier molecular flexibility index (Phi) is 3.68. The predicted molar refractivity (Wildman–Crippen MR) is 79.1 cm³/mol. The number of nitrogens with one attached hydrogen (secondary N) is 1. The van der Waals surface area contributed by atoms with Crippen LogP contribution in [0.4, 0.5) is 0 Å². The van der Waals surface area contributed by atoms with Crippen LogP contribution >= 0.6 is 0 Å². The molecule has 0 radical (unpaired) electrons. The number of hydrogen-bond donors (Lipinski definition) is 1. The monoisotopic (exact) mass is 273 g/mol. The summed E-state index contributed by atoms with van der Waals surface area (Å²) in [5.74, 6) is 2.50. The molecule has 0 aliphatic heterocycles. The first kappa shape index (κ1) is 13.5. The van der Waals surface area contributed by atoms with E-state index >= 15 is 0 Å². The van der Waals surface area contributed by atoms with Gasteiger partial charge in [-0.3, -0.25) is 4.79 Å². The van der Waals surface area contributed by atoms with Crippen LogP contribution in [0.2, 0.25) is 0 Å². The summed E-state index contributed by atoms with van der Waals surface area (Å²) in [6.45, 7) is 4.60. The molecule has 1 N–H and O–H groups in total. The number of carbonyl (C=O) groups excluding carboxylic acids is 1. The maximum Gasteiger partial charge on any atom is 0.251 e. The molecule has 3 heteroatoms. The molecule has 2 aliphatic rings. The molecule has 0 saturated heterocycles. The van der Waals surface area contributed by atoms with E-state index in [1.54, 1.807) is 0 Å². The Morgan fingerprint density at radius 2 is 2.20 bits per heavy atom. The van der Waals surface area contributed by atoms with E-state index in [1.165, 1.54) is 25.7 Å². The summed E-state index contributed by atoms with van der Waals surface area (Å²) in [6.07, 6.45) is 5.14. The lowest BCUT2D eigenvalue weighted by Crippen LogP contribution is -2.38. The number of benzene rings is 1. The molecule has 3 atom stereocenters. The van der Waals surface area contributed by atoms with Crippen molar-refractivity contribution < 1.29 is 9.53 Å². The minimum Gasteiger partial charge on any atom is -0.494 e. The molecule has 0 unspecified atom stereocenters. The molecule has 2 bridgehead atoms. The third-order valence-electron chi connectivity index (χ3n) is 4.79. The van der Waals surface area contributed by atoms with E-state index in [-0.39, 0.29) is 5.91 Å². The number of fused-ring (bicyclic) bond motifs is 2. The SMILES string of the molecule is CCOc1ccc(C(=O)N[C@@H]2C[C@H]3CC[C@@H]2C3)cc1C. The van der Waals surface area contributed by atoms with Gasteiger partial charge < -0.3 is 10.1 Å². The van der Waals surface area contributed by atoms with Crippen molar-refractivity contribution in [2.75, 3.05) is 6.61 Å². The van der Waals surface area contributed by atoms with Gasteiger partial charge in [-0.25, -0.2) is 0 Å². The second-order valence-electron chi connectivity index (χ2n) is 6.17. The van der Waals surface area contributed by atoms with Gasteiger partial charge in [-0.2, -0.15) is 0 Å². The van der Waals surface area contributed by atoms with Gasteiger partial charge in [-0.1, -0.05) is 6.42 Å². The summed E-state index contributed by atoms with van der Waals surface area (Å²) in [7, 11) is 0. The van der Waals surface area contributed by atoms with Crippen LogP contribution in [-0.2, 0) is 0 Å². The van der Waals surface area contributed by atoms with Crippen LogP contribution in [-0.4, -0.2) is 18.6 Å². The number of amides is 1. The molecule has 0 heterocycles. The largest absolute Gasteiger partial charge is 0.494 e. The number of ether oxygens (including phenoxy) is 1. The van der Waals surface area contributed by atoms with Gasteiger partial charge in [0.15, 0.2) is 0 Å². The average Bonchev–Trinajstić information content (AvgIpc) is 3.03. The molecule has 20 heavy (non-hydrogen) atoms. The Bertz CT molecular complexity index is 512. The van der Waals surface area contributed by atoms with E-state index in [9.17, 15) is 4.79 Å².